The number of hydrogen-bond acceptors (Lipinski definition) is 4. The van der Waals surface area contributed by atoms with Gasteiger partial charge in [0.15, 0.2) is 0 Å². The molecule has 0 atom stereocenters. The van der Waals surface area contributed by atoms with Crippen LogP contribution >= 0.6 is 11.3 Å². The average molecular weight is 301 g/mol. The van der Waals surface area contributed by atoms with Gasteiger partial charge in [0.1, 0.15) is 10.8 Å². The Morgan fingerprint density at radius 1 is 1.38 bits per heavy atom. The number of nitrogens with zero attached hydrogens (tertiary/aromatic N) is 1. The van der Waals surface area contributed by atoms with Crippen LogP contribution in [0, 0.1) is 0 Å². The van der Waals surface area contributed by atoms with Gasteiger partial charge in [-0.1, -0.05) is 0 Å². The van der Waals surface area contributed by atoms with Gasteiger partial charge < -0.3 is 9.84 Å². The largest absolute Gasteiger partial charge is 0.497 e. The molecule has 1 aliphatic rings. The van der Waals surface area contributed by atoms with Crippen molar-refractivity contribution in [2.75, 3.05) is 7.11 Å². The SMILES string of the molecule is COc1ccc(-c2nc(C3CC3)c(/C=C/C(=O)O)s2)cc1. The van der Waals surface area contributed by atoms with Gasteiger partial charge in [-0.25, -0.2) is 9.78 Å². The fourth-order valence-corrected chi connectivity index (χ4v) is 3.18. The molecule has 1 N–H and O–H groups in total. The fourth-order valence-electron chi connectivity index (χ4n) is 2.12. The molecule has 1 saturated carbocycles. The molecule has 1 aliphatic carbocycles. The minimum atomic E-state index is -0.934. The van der Waals surface area contributed by atoms with Crippen LogP contribution in [0.3, 0.4) is 0 Å². The maximum Gasteiger partial charge on any atom is 0.328 e. The van der Waals surface area contributed by atoms with Gasteiger partial charge in [0.05, 0.1) is 17.7 Å². The molecule has 2 aromatic rings. The second-order valence-electron chi connectivity index (χ2n) is 4.94. The van der Waals surface area contributed by atoms with E-state index in [1.54, 1.807) is 13.2 Å². The van der Waals surface area contributed by atoms with Crippen molar-refractivity contribution < 1.29 is 14.6 Å². The molecule has 3 rings (SSSR count). The molecule has 5 heteroatoms. The molecule has 0 amide bonds. The highest BCUT2D eigenvalue weighted by Gasteiger charge is 2.29. The van der Waals surface area contributed by atoms with Crippen LogP contribution in [0.25, 0.3) is 16.6 Å². The first-order chi connectivity index (χ1) is 10.2. The normalized spacial score (nSPS) is 14.5. The number of methoxy groups -OCH3 is 1. The number of benzene rings is 1. The van der Waals surface area contributed by atoms with Crippen molar-refractivity contribution >= 4 is 23.4 Å². The lowest BCUT2D eigenvalue weighted by Gasteiger charge is -2.00. The third-order valence-electron chi connectivity index (χ3n) is 3.36. The molecule has 1 fully saturated rings. The van der Waals surface area contributed by atoms with Crippen molar-refractivity contribution in [2.45, 2.75) is 18.8 Å². The number of aromatic nitrogens is 1. The molecule has 0 bridgehead atoms. The fraction of sp³-hybridized carbons (Fsp3) is 0.250. The summed E-state index contributed by atoms with van der Waals surface area (Å²) >= 11 is 1.53. The van der Waals surface area contributed by atoms with Crippen molar-refractivity contribution in [3.8, 4) is 16.3 Å². The van der Waals surface area contributed by atoms with E-state index in [9.17, 15) is 4.79 Å². The molecule has 0 aliphatic heterocycles. The van der Waals surface area contributed by atoms with E-state index in [0.717, 1.165) is 39.7 Å². The molecule has 0 saturated heterocycles. The second kappa shape index (κ2) is 5.69. The third-order valence-corrected chi connectivity index (χ3v) is 4.44. The second-order valence-corrected chi connectivity index (χ2v) is 5.97. The van der Waals surface area contributed by atoms with Crippen LogP contribution in [0.2, 0.25) is 0 Å². The van der Waals surface area contributed by atoms with Crippen molar-refractivity contribution in [3.05, 3.63) is 40.9 Å². The summed E-state index contributed by atoms with van der Waals surface area (Å²) in [6.07, 6.45) is 5.11. The van der Waals surface area contributed by atoms with Gasteiger partial charge in [0.25, 0.3) is 0 Å². The van der Waals surface area contributed by atoms with Crippen LogP contribution in [0.1, 0.15) is 29.3 Å². The Morgan fingerprint density at radius 2 is 2.10 bits per heavy atom. The van der Waals surface area contributed by atoms with Crippen LogP contribution < -0.4 is 4.74 Å². The van der Waals surface area contributed by atoms with E-state index in [1.165, 1.54) is 17.4 Å². The lowest BCUT2D eigenvalue weighted by molar-refractivity contribution is -0.131. The number of aliphatic carboxylic acids is 1. The Labute approximate surface area is 126 Å². The van der Waals surface area contributed by atoms with Crippen LogP contribution in [0.15, 0.2) is 30.3 Å². The van der Waals surface area contributed by atoms with Crippen molar-refractivity contribution in [1.29, 1.82) is 0 Å². The molecule has 0 spiro atoms. The molecule has 1 aromatic carbocycles. The molecule has 108 valence electrons. The zero-order valence-electron chi connectivity index (χ0n) is 11.6. The van der Waals surface area contributed by atoms with Crippen LogP contribution in [0.5, 0.6) is 5.75 Å². The van der Waals surface area contributed by atoms with Gasteiger partial charge in [-0.15, -0.1) is 11.3 Å². The van der Waals surface area contributed by atoms with Gasteiger partial charge >= 0.3 is 5.97 Å². The first-order valence-electron chi connectivity index (χ1n) is 6.73. The third kappa shape index (κ3) is 3.13. The monoisotopic (exact) mass is 301 g/mol. The summed E-state index contributed by atoms with van der Waals surface area (Å²) < 4.78 is 5.15. The summed E-state index contributed by atoms with van der Waals surface area (Å²) in [5.74, 6) is 0.363. The van der Waals surface area contributed by atoms with Crippen LogP contribution in [-0.4, -0.2) is 23.2 Å². The van der Waals surface area contributed by atoms with E-state index in [1.807, 2.05) is 24.3 Å². The molecule has 21 heavy (non-hydrogen) atoms. The average Bonchev–Trinajstić information content (AvgIpc) is 3.25. The zero-order chi connectivity index (χ0) is 14.8. The van der Waals surface area contributed by atoms with E-state index < -0.39 is 5.97 Å². The van der Waals surface area contributed by atoms with E-state index in [0.29, 0.717) is 5.92 Å². The highest BCUT2D eigenvalue weighted by atomic mass is 32.1. The lowest BCUT2D eigenvalue weighted by atomic mass is 10.2. The van der Waals surface area contributed by atoms with Gasteiger partial charge in [-0.3, -0.25) is 0 Å². The van der Waals surface area contributed by atoms with Crippen molar-refractivity contribution in [3.63, 3.8) is 0 Å². The summed E-state index contributed by atoms with van der Waals surface area (Å²) in [4.78, 5) is 16.4. The number of thiazole rings is 1. The number of ether oxygens (including phenoxy) is 1. The Bertz CT molecular complexity index is 684. The summed E-state index contributed by atoms with van der Waals surface area (Å²) in [6.45, 7) is 0. The van der Waals surface area contributed by atoms with E-state index in [4.69, 9.17) is 14.8 Å². The lowest BCUT2D eigenvalue weighted by Crippen LogP contribution is -1.87. The minimum absolute atomic E-state index is 0.488. The minimum Gasteiger partial charge on any atom is -0.497 e. The number of carboxylic acid groups (broad SMARTS) is 1. The summed E-state index contributed by atoms with van der Waals surface area (Å²) in [7, 11) is 1.64. The van der Waals surface area contributed by atoms with E-state index in [2.05, 4.69) is 0 Å². The molecule has 4 nitrogen and oxygen atoms in total. The quantitative estimate of drug-likeness (QED) is 0.853. The number of carboxylic acids is 1. The maximum absolute atomic E-state index is 10.7. The summed E-state index contributed by atoms with van der Waals surface area (Å²) in [5, 5.41) is 9.71. The predicted octanol–water partition coefficient (Wildman–Crippen LogP) is 3.79. The molecule has 1 aromatic heterocycles. The maximum atomic E-state index is 10.7. The van der Waals surface area contributed by atoms with Gasteiger partial charge in [0, 0.05) is 17.6 Å². The smallest absolute Gasteiger partial charge is 0.328 e. The highest BCUT2D eigenvalue weighted by molar-refractivity contribution is 7.16. The van der Waals surface area contributed by atoms with Gasteiger partial charge in [0.2, 0.25) is 0 Å². The Balaban J connectivity index is 1.95. The summed E-state index contributed by atoms with van der Waals surface area (Å²) in [6, 6.07) is 7.75. The predicted molar refractivity (Wildman–Crippen MR) is 82.7 cm³/mol. The van der Waals surface area contributed by atoms with Gasteiger partial charge in [-0.2, -0.15) is 0 Å². The number of carbonyl (C=O) groups is 1. The first-order valence-corrected chi connectivity index (χ1v) is 7.55. The van der Waals surface area contributed by atoms with Gasteiger partial charge in [-0.05, 0) is 43.2 Å². The number of rotatable bonds is 5. The molecular weight excluding hydrogens is 286 g/mol. The van der Waals surface area contributed by atoms with E-state index >= 15 is 0 Å². The summed E-state index contributed by atoms with van der Waals surface area (Å²) in [5.41, 5.74) is 2.06. The highest BCUT2D eigenvalue weighted by Crippen LogP contribution is 2.44. The van der Waals surface area contributed by atoms with Crippen LogP contribution in [0.4, 0.5) is 0 Å². The topological polar surface area (TPSA) is 59.4 Å². The number of hydrogen-bond donors (Lipinski definition) is 1. The standard InChI is InChI=1S/C16H15NO3S/c1-20-12-6-4-11(5-7-12)16-17-15(10-2-3-10)13(21-16)8-9-14(18)19/h4-10H,2-3H2,1H3,(H,18,19)/b9-8+. The van der Waals surface area contributed by atoms with Crippen LogP contribution in [-0.2, 0) is 4.79 Å². The van der Waals surface area contributed by atoms with Crippen molar-refractivity contribution in [1.82, 2.24) is 4.98 Å². The Hall–Kier alpha value is -2.14. The first kappa shape index (κ1) is 13.8. The molecule has 0 unspecified atom stereocenters. The Kier molecular flexibility index (Phi) is 3.75. The Morgan fingerprint density at radius 3 is 2.67 bits per heavy atom. The molecule has 1 heterocycles. The van der Waals surface area contributed by atoms with E-state index in [-0.39, 0.29) is 0 Å². The molecular formula is C16H15NO3S. The van der Waals surface area contributed by atoms with Crippen molar-refractivity contribution in [2.24, 2.45) is 0 Å². The molecule has 0 radical (unpaired) electrons. The zero-order valence-corrected chi connectivity index (χ0v) is 12.4.